The summed E-state index contributed by atoms with van der Waals surface area (Å²) >= 11 is 0. The maximum Gasteiger partial charge on any atom is 0.410 e. The molecule has 3 aliphatic heterocycles. The minimum atomic E-state index is -0.471. The highest BCUT2D eigenvalue weighted by atomic mass is 16.6. The molecule has 3 fully saturated rings. The summed E-state index contributed by atoms with van der Waals surface area (Å²) in [4.78, 5) is 24.5. The Morgan fingerprint density at radius 3 is 2.60 bits per heavy atom. The SMILES string of the molecule is CCNC(=NCC1CCCCN1C(=O)OC(C)(C)C)N1CCC(N2CCOCC2)C1. The molecule has 30 heavy (non-hydrogen) atoms. The van der Waals surface area contributed by atoms with E-state index >= 15 is 0 Å². The number of likely N-dealkylation sites (tertiary alicyclic amines) is 2. The van der Waals surface area contributed by atoms with Crippen LogP contribution in [0.2, 0.25) is 0 Å². The van der Waals surface area contributed by atoms with E-state index in [-0.39, 0.29) is 12.1 Å². The average Bonchev–Trinajstić information content (AvgIpc) is 3.21. The lowest BCUT2D eigenvalue weighted by molar-refractivity contribution is 0.0109. The van der Waals surface area contributed by atoms with Crippen LogP contribution in [-0.2, 0) is 9.47 Å². The van der Waals surface area contributed by atoms with Crippen LogP contribution >= 0.6 is 0 Å². The van der Waals surface area contributed by atoms with Gasteiger partial charge in [-0.05, 0) is 53.4 Å². The number of ether oxygens (including phenoxy) is 2. The summed E-state index contributed by atoms with van der Waals surface area (Å²) in [5.74, 6) is 0.975. The number of rotatable bonds is 4. The van der Waals surface area contributed by atoms with Crippen LogP contribution in [0.3, 0.4) is 0 Å². The van der Waals surface area contributed by atoms with Crippen LogP contribution < -0.4 is 5.32 Å². The fourth-order valence-corrected chi connectivity index (χ4v) is 4.54. The summed E-state index contributed by atoms with van der Waals surface area (Å²) in [6.07, 6.45) is 4.11. The molecule has 2 atom stereocenters. The fraction of sp³-hybridized carbons (Fsp3) is 0.909. The summed E-state index contributed by atoms with van der Waals surface area (Å²) in [5, 5.41) is 3.47. The monoisotopic (exact) mass is 423 g/mol. The lowest BCUT2D eigenvalue weighted by atomic mass is 10.0. The maximum atomic E-state index is 12.7. The molecule has 3 saturated heterocycles. The molecule has 1 amide bonds. The fourth-order valence-electron chi connectivity index (χ4n) is 4.54. The number of nitrogens with zero attached hydrogens (tertiary/aromatic N) is 4. The van der Waals surface area contributed by atoms with Gasteiger partial charge >= 0.3 is 6.09 Å². The molecule has 1 N–H and O–H groups in total. The Kier molecular flexibility index (Phi) is 8.22. The van der Waals surface area contributed by atoms with E-state index in [9.17, 15) is 4.79 Å². The van der Waals surface area contributed by atoms with Crippen molar-refractivity contribution in [3.63, 3.8) is 0 Å². The number of piperidine rings is 1. The largest absolute Gasteiger partial charge is 0.444 e. The Morgan fingerprint density at radius 2 is 1.90 bits per heavy atom. The molecule has 0 aliphatic carbocycles. The standard InChI is InChI=1S/C22H41N5O3/c1-5-23-20(26-11-9-19(17-26)25-12-14-29-15-13-25)24-16-18-8-6-7-10-27(18)21(28)30-22(2,3)4/h18-19H,5-17H2,1-4H3,(H,23,24). The predicted molar refractivity (Wildman–Crippen MR) is 119 cm³/mol. The third kappa shape index (κ3) is 6.48. The van der Waals surface area contributed by atoms with Crippen molar-refractivity contribution in [3.05, 3.63) is 0 Å². The number of morpholine rings is 1. The second-order valence-corrected chi connectivity index (χ2v) is 9.55. The molecule has 3 aliphatic rings. The Labute approximate surface area is 181 Å². The molecule has 0 bridgehead atoms. The zero-order valence-electron chi connectivity index (χ0n) is 19.4. The van der Waals surface area contributed by atoms with E-state index < -0.39 is 5.60 Å². The highest BCUT2D eigenvalue weighted by molar-refractivity contribution is 5.80. The number of hydrogen-bond donors (Lipinski definition) is 1. The second kappa shape index (κ2) is 10.7. The number of nitrogens with one attached hydrogen (secondary N) is 1. The lowest BCUT2D eigenvalue weighted by Gasteiger charge is -2.36. The van der Waals surface area contributed by atoms with Crippen molar-refractivity contribution < 1.29 is 14.3 Å². The van der Waals surface area contributed by atoms with Gasteiger partial charge in [-0.2, -0.15) is 0 Å². The molecular weight excluding hydrogens is 382 g/mol. The summed E-state index contributed by atoms with van der Waals surface area (Å²) in [6.45, 7) is 15.9. The van der Waals surface area contributed by atoms with Gasteiger partial charge in [0.05, 0.1) is 25.8 Å². The van der Waals surface area contributed by atoms with Gasteiger partial charge in [0.25, 0.3) is 0 Å². The van der Waals surface area contributed by atoms with E-state index in [2.05, 4.69) is 22.0 Å². The first-order valence-corrected chi connectivity index (χ1v) is 11.7. The van der Waals surface area contributed by atoms with Gasteiger partial charge in [0, 0.05) is 45.3 Å². The zero-order chi connectivity index (χ0) is 21.6. The van der Waals surface area contributed by atoms with Gasteiger partial charge in [-0.15, -0.1) is 0 Å². The lowest BCUT2D eigenvalue weighted by Crippen LogP contribution is -2.49. The van der Waals surface area contributed by atoms with E-state index in [1.165, 1.54) is 0 Å². The van der Waals surface area contributed by atoms with E-state index in [1.807, 2.05) is 25.7 Å². The van der Waals surface area contributed by atoms with Crippen molar-refractivity contribution in [1.82, 2.24) is 20.0 Å². The summed E-state index contributed by atoms with van der Waals surface area (Å²) in [6, 6.07) is 0.686. The molecule has 0 aromatic carbocycles. The number of carbonyl (C=O) groups excluding carboxylic acids is 1. The van der Waals surface area contributed by atoms with Gasteiger partial charge in [0.2, 0.25) is 0 Å². The Hall–Kier alpha value is -1.54. The third-order valence-electron chi connectivity index (χ3n) is 6.07. The minimum absolute atomic E-state index is 0.111. The van der Waals surface area contributed by atoms with Crippen LogP contribution in [-0.4, -0.2) is 103 Å². The van der Waals surface area contributed by atoms with Crippen molar-refractivity contribution in [1.29, 1.82) is 0 Å². The highest BCUT2D eigenvalue weighted by Gasteiger charge is 2.32. The topological polar surface area (TPSA) is 69.6 Å². The quantitative estimate of drug-likeness (QED) is 0.552. The molecule has 0 spiro atoms. The molecule has 172 valence electrons. The third-order valence-corrected chi connectivity index (χ3v) is 6.07. The number of amides is 1. The molecule has 0 radical (unpaired) electrons. The first kappa shape index (κ1) is 23.1. The van der Waals surface area contributed by atoms with Crippen LogP contribution in [0.4, 0.5) is 4.79 Å². The molecule has 0 saturated carbocycles. The summed E-state index contributed by atoms with van der Waals surface area (Å²) in [7, 11) is 0. The van der Waals surface area contributed by atoms with Crippen molar-refractivity contribution in [2.24, 2.45) is 4.99 Å². The average molecular weight is 424 g/mol. The van der Waals surface area contributed by atoms with E-state index in [1.54, 1.807) is 0 Å². The van der Waals surface area contributed by atoms with Gasteiger partial charge in [0.15, 0.2) is 5.96 Å². The smallest absolute Gasteiger partial charge is 0.410 e. The van der Waals surface area contributed by atoms with E-state index in [0.29, 0.717) is 12.6 Å². The maximum absolute atomic E-state index is 12.7. The first-order valence-electron chi connectivity index (χ1n) is 11.7. The van der Waals surface area contributed by atoms with Crippen molar-refractivity contribution in [3.8, 4) is 0 Å². The van der Waals surface area contributed by atoms with Crippen molar-refractivity contribution >= 4 is 12.1 Å². The van der Waals surface area contributed by atoms with Crippen molar-refractivity contribution in [2.75, 3.05) is 59.0 Å². The minimum Gasteiger partial charge on any atom is -0.444 e. The van der Waals surface area contributed by atoms with Gasteiger partial charge in [-0.1, -0.05) is 0 Å². The van der Waals surface area contributed by atoms with Gasteiger partial charge in [0.1, 0.15) is 5.60 Å². The van der Waals surface area contributed by atoms with Crippen LogP contribution in [0.1, 0.15) is 53.4 Å². The molecule has 2 unspecified atom stereocenters. The van der Waals surface area contributed by atoms with Gasteiger partial charge in [-0.25, -0.2) is 4.79 Å². The van der Waals surface area contributed by atoms with E-state index in [0.717, 1.165) is 84.1 Å². The van der Waals surface area contributed by atoms with Gasteiger partial charge < -0.3 is 24.6 Å². The Bertz CT molecular complexity index is 586. The molecular formula is C22H41N5O3. The number of hydrogen-bond acceptors (Lipinski definition) is 5. The van der Waals surface area contributed by atoms with Crippen LogP contribution in [0.5, 0.6) is 0 Å². The second-order valence-electron chi connectivity index (χ2n) is 9.55. The summed E-state index contributed by atoms with van der Waals surface area (Å²) < 4.78 is 11.1. The Balaban J connectivity index is 1.60. The van der Waals surface area contributed by atoms with Crippen LogP contribution in [0, 0.1) is 0 Å². The first-order chi connectivity index (χ1) is 14.4. The molecule has 8 heteroatoms. The number of guanidine groups is 1. The predicted octanol–water partition coefficient (Wildman–Crippen LogP) is 2.15. The molecule has 3 rings (SSSR count). The van der Waals surface area contributed by atoms with Gasteiger partial charge in [-0.3, -0.25) is 9.89 Å². The Morgan fingerprint density at radius 1 is 1.13 bits per heavy atom. The summed E-state index contributed by atoms with van der Waals surface area (Å²) in [5.41, 5.74) is -0.471. The number of carbonyl (C=O) groups is 1. The molecule has 0 aromatic heterocycles. The molecule has 3 heterocycles. The highest BCUT2D eigenvalue weighted by Crippen LogP contribution is 2.21. The van der Waals surface area contributed by atoms with Crippen LogP contribution in [0.15, 0.2) is 4.99 Å². The zero-order valence-corrected chi connectivity index (χ0v) is 19.4. The molecule has 8 nitrogen and oxygen atoms in total. The number of aliphatic imine (C=N–C) groups is 1. The molecule has 0 aromatic rings. The van der Waals surface area contributed by atoms with Crippen molar-refractivity contribution in [2.45, 2.75) is 71.1 Å². The van der Waals surface area contributed by atoms with E-state index in [4.69, 9.17) is 14.5 Å². The normalized spacial score (nSPS) is 26.7. The van der Waals surface area contributed by atoms with Crippen LogP contribution in [0.25, 0.3) is 0 Å².